The highest BCUT2D eigenvalue weighted by Crippen LogP contribution is 2.44. The molecule has 0 unspecified atom stereocenters. The van der Waals surface area contributed by atoms with Crippen LogP contribution in [0.2, 0.25) is 10.0 Å². The van der Waals surface area contributed by atoms with Crippen LogP contribution in [0.25, 0.3) is 0 Å². The molecule has 46 heavy (non-hydrogen) atoms. The van der Waals surface area contributed by atoms with E-state index in [0.29, 0.717) is 34.5 Å². The maximum Gasteiger partial charge on any atom is 0.214 e. The minimum atomic E-state index is 0.248. The molecule has 0 atom stereocenters. The summed E-state index contributed by atoms with van der Waals surface area (Å²) in [4.78, 5) is 2.44. The van der Waals surface area contributed by atoms with Crippen LogP contribution < -0.4 is 10.2 Å². The summed E-state index contributed by atoms with van der Waals surface area (Å²) in [6.45, 7) is 22.4. The first-order valence-electron chi connectivity index (χ1n) is 17.7. The van der Waals surface area contributed by atoms with Crippen molar-refractivity contribution in [1.29, 1.82) is 10.8 Å². The highest BCUT2D eigenvalue weighted by Gasteiger charge is 2.32. The smallest absolute Gasteiger partial charge is 0.214 e. The van der Waals surface area contributed by atoms with Gasteiger partial charge in [-0.15, -0.1) is 0 Å². The topological polar surface area (TPSA) is 68.3 Å². The van der Waals surface area contributed by atoms with E-state index in [4.69, 9.17) is 38.8 Å². The Bertz CT molecular complexity index is 1180. The normalized spacial score (nSPS) is 15.9. The third-order valence-corrected chi connectivity index (χ3v) is 8.71. The number of nitrogens with zero attached hydrogens (tertiary/aromatic N) is 3. The van der Waals surface area contributed by atoms with Crippen molar-refractivity contribution in [3.8, 4) is 5.75 Å². The summed E-state index contributed by atoms with van der Waals surface area (Å²) in [6.07, 6.45) is 11.0. The molecule has 5 rings (SSSR count). The predicted octanol–water partition coefficient (Wildman–Crippen LogP) is 11.1. The molecule has 2 aliphatic carbocycles. The maximum absolute atomic E-state index is 8.50. The average molecular weight is 697 g/mol. The summed E-state index contributed by atoms with van der Waals surface area (Å²) < 4.78 is 9.62. The van der Waals surface area contributed by atoms with Crippen molar-refractivity contribution in [3.05, 3.63) is 57.1 Å². The Hall–Kier alpha value is -1.67. The maximum atomic E-state index is 8.50. The lowest BCUT2D eigenvalue weighted by molar-refractivity contribution is 0.136. The van der Waals surface area contributed by atoms with E-state index in [9.17, 15) is 0 Å². The van der Waals surface area contributed by atoms with Crippen LogP contribution >= 0.6 is 36.0 Å². The van der Waals surface area contributed by atoms with Gasteiger partial charge in [-0.25, -0.2) is 0 Å². The van der Waals surface area contributed by atoms with E-state index in [1.165, 1.54) is 12.8 Å². The van der Waals surface area contributed by atoms with Crippen LogP contribution in [0.4, 0.5) is 0 Å². The Morgan fingerprint density at radius 1 is 0.935 bits per heavy atom. The first kappa shape index (κ1) is 42.4. The molecule has 2 N–H and O–H groups in total. The van der Waals surface area contributed by atoms with Gasteiger partial charge in [0.15, 0.2) is 0 Å². The number of hydrogen-bond donors (Lipinski definition) is 3. The van der Waals surface area contributed by atoms with Crippen molar-refractivity contribution in [1.82, 2.24) is 13.8 Å². The predicted molar refractivity (Wildman–Crippen MR) is 203 cm³/mol. The van der Waals surface area contributed by atoms with Gasteiger partial charge in [0.25, 0.3) is 0 Å². The molecule has 0 radical (unpaired) electrons. The molecule has 1 aromatic carbocycles. The van der Waals surface area contributed by atoms with Gasteiger partial charge in [0.1, 0.15) is 11.2 Å². The molecule has 0 spiro atoms. The van der Waals surface area contributed by atoms with Crippen LogP contribution in [0.1, 0.15) is 131 Å². The fraction of sp³-hybridized carbons (Fsp3) is 0.676. The van der Waals surface area contributed by atoms with Crippen molar-refractivity contribution in [2.75, 3.05) is 19.7 Å². The van der Waals surface area contributed by atoms with Crippen molar-refractivity contribution >= 4 is 42.0 Å². The molecule has 262 valence electrons. The third-order valence-electron chi connectivity index (χ3n) is 7.76. The number of pyridine rings is 1. The molecule has 0 amide bonds. The molecular formula is C37H63Cl2N5OS. The molecule has 1 aromatic heterocycles. The molecule has 1 aliphatic heterocycles. The molecule has 3 aliphatic rings. The monoisotopic (exact) mass is 695 g/mol. The van der Waals surface area contributed by atoms with Gasteiger partial charge in [0.2, 0.25) is 5.96 Å². The number of thiol groups is 1. The molecule has 3 fully saturated rings. The van der Waals surface area contributed by atoms with Gasteiger partial charge in [0, 0.05) is 40.5 Å². The molecule has 6 nitrogen and oxygen atoms in total. The van der Waals surface area contributed by atoms with E-state index in [1.807, 2.05) is 46.0 Å². The Morgan fingerprint density at radius 3 is 1.91 bits per heavy atom. The fourth-order valence-electron chi connectivity index (χ4n) is 4.63. The SMILES string of the molecule is CC.CC.CCC.CCC(C)C.N=C(N(S)C1CC1)n1cc(C2CC2)c(OCC2CCN(Cc3cc(Cl)cc(Cl)c3)CC2)cc1=N. The number of benzene rings is 1. The molecule has 2 aromatic rings. The largest absolute Gasteiger partial charge is 0.493 e. The molecule has 1 saturated heterocycles. The van der Waals surface area contributed by atoms with Crippen LogP contribution in [0.5, 0.6) is 5.75 Å². The standard InChI is InChI=1S/C25H31Cl2N5OS.C5H12.C3H8.2C2H6/c26-19-9-17(10-20(27)11-19)13-30-7-5-16(6-8-30)15-33-23-12-24(28)31(14-22(23)18-1-2-18)25(29)32(34)21-3-4-21;1-4-5(2)3;1-3-2;2*1-2/h9-12,14,16,18,21,28-29,34H,1-8,13,15H2;5H,4H2,1-3H3;3H2,1-2H3;2*1-2H3. The van der Waals surface area contributed by atoms with Gasteiger partial charge in [0.05, 0.1) is 6.61 Å². The van der Waals surface area contributed by atoms with Gasteiger partial charge in [-0.2, -0.15) is 0 Å². The van der Waals surface area contributed by atoms with E-state index < -0.39 is 0 Å². The lowest BCUT2D eigenvalue weighted by Gasteiger charge is -2.32. The number of rotatable bonds is 8. The lowest BCUT2D eigenvalue weighted by atomic mass is 9.97. The number of hydrogen-bond acceptors (Lipinski definition) is 5. The second kappa shape index (κ2) is 22.8. The Labute approximate surface area is 296 Å². The van der Waals surface area contributed by atoms with Crippen molar-refractivity contribution < 1.29 is 4.74 Å². The number of ether oxygens (including phenoxy) is 1. The van der Waals surface area contributed by atoms with E-state index in [2.05, 4.69) is 52.3 Å². The Balaban J connectivity index is 0.000000772. The second-order valence-electron chi connectivity index (χ2n) is 12.3. The van der Waals surface area contributed by atoms with Gasteiger partial charge in [-0.3, -0.25) is 24.6 Å². The molecule has 2 saturated carbocycles. The third kappa shape index (κ3) is 15.0. The van der Waals surface area contributed by atoms with Crippen LogP contribution in [0, 0.1) is 22.7 Å². The van der Waals surface area contributed by atoms with Crippen LogP contribution in [-0.2, 0) is 6.54 Å². The first-order chi connectivity index (χ1) is 22.1. The molecule has 9 heteroatoms. The fourth-order valence-corrected chi connectivity index (χ4v) is 5.53. The van der Waals surface area contributed by atoms with Crippen LogP contribution in [0.3, 0.4) is 0 Å². The summed E-state index contributed by atoms with van der Waals surface area (Å²) in [5, 5.41) is 18.4. The molecule has 0 bridgehead atoms. The number of halogens is 2. The minimum Gasteiger partial charge on any atom is -0.493 e. The zero-order valence-corrected chi connectivity index (χ0v) is 32.5. The highest BCUT2D eigenvalue weighted by molar-refractivity contribution is 7.78. The summed E-state index contributed by atoms with van der Waals surface area (Å²) in [7, 11) is 0. The van der Waals surface area contributed by atoms with Gasteiger partial charge in [-0.1, -0.05) is 111 Å². The van der Waals surface area contributed by atoms with E-state index in [1.54, 1.807) is 21.0 Å². The number of aromatic nitrogens is 1. The van der Waals surface area contributed by atoms with E-state index >= 15 is 0 Å². The Kier molecular flexibility index (Phi) is 21.0. The zero-order chi connectivity index (χ0) is 34.8. The quantitative estimate of drug-likeness (QED) is 0.146. The lowest BCUT2D eigenvalue weighted by Crippen LogP contribution is -2.37. The van der Waals surface area contributed by atoms with E-state index in [-0.39, 0.29) is 11.4 Å². The summed E-state index contributed by atoms with van der Waals surface area (Å²) >= 11 is 16.8. The highest BCUT2D eigenvalue weighted by atomic mass is 35.5. The first-order valence-corrected chi connectivity index (χ1v) is 18.9. The molecule has 2 heterocycles. The van der Waals surface area contributed by atoms with Crippen LogP contribution in [-0.4, -0.2) is 45.5 Å². The van der Waals surface area contributed by atoms with Crippen molar-refractivity contribution in [2.24, 2.45) is 11.8 Å². The van der Waals surface area contributed by atoms with Gasteiger partial charge < -0.3 is 4.74 Å². The van der Waals surface area contributed by atoms with Crippen molar-refractivity contribution in [2.45, 2.75) is 132 Å². The van der Waals surface area contributed by atoms with Crippen LogP contribution in [0.15, 0.2) is 30.5 Å². The Morgan fingerprint density at radius 2 is 1.46 bits per heavy atom. The minimum absolute atomic E-state index is 0.248. The van der Waals surface area contributed by atoms with Gasteiger partial charge >= 0.3 is 0 Å². The number of likely N-dealkylation sites (tertiary alicyclic amines) is 1. The summed E-state index contributed by atoms with van der Waals surface area (Å²) in [5.74, 6) is 2.90. The average Bonchev–Trinajstić information content (AvgIpc) is 3.97. The summed E-state index contributed by atoms with van der Waals surface area (Å²) in [5.41, 5.74) is 2.53. The number of nitrogens with one attached hydrogen (secondary N) is 2. The summed E-state index contributed by atoms with van der Waals surface area (Å²) in [6, 6.07) is 7.84. The zero-order valence-electron chi connectivity index (χ0n) is 30.1. The number of piperidine rings is 1. The second-order valence-corrected chi connectivity index (χ2v) is 13.6. The molecular weight excluding hydrogens is 633 g/mol. The van der Waals surface area contributed by atoms with E-state index in [0.717, 1.165) is 81.0 Å². The van der Waals surface area contributed by atoms with Gasteiger partial charge in [-0.05, 0) is 93.1 Å². The van der Waals surface area contributed by atoms with Crippen molar-refractivity contribution in [3.63, 3.8) is 0 Å².